The van der Waals surface area contributed by atoms with Crippen molar-refractivity contribution in [1.82, 2.24) is 0 Å². The molecule has 25 heavy (non-hydrogen) atoms. The van der Waals surface area contributed by atoms with Crippen molar-refractivity contribution in [1.29, 1.82) is 0 Å². The second-order valence-corrected chi connectivity index (χ2v) is 9.09. The van der Waals surface area contributed by atoms with E-state index in [4.69, 9.17) is 11.6 Å². The third-order valence-electron chi connectivity index (χ3n) is 3.88. The lowest BCUT2D eigenvalue weighted by Crippen LogP contribution is -2.28. The van der Waals surface area contributed by atoms with Crippen LogP contribution in [0.5, 0.6) is 0 Å². The molecule has 0 saturated carbocycles. The summed E-state index contributed by atoms with van der Waals surface area (Å²) >= 11 is 7.35. The molecule has 0 unspecified atom stereocenters. The maximum atomic E-state index is 12.7. The van der Waals surface area contributed by atoms with Gasteiger partial charge in [0.25, 0.3) is 10.0 Å². The Kier molecular flexibility index (Phi) is 4.99. The minimum Gasteiger partial charge on any atom is -0.324 e. The number of amides is 1. The van der Waals surface area contributed by atoms with Crippen molar-refractivity contribution in [2.24, 2.45) is 0 Å². The fourth-order valence-corrected chi connectivity index (χ4v) is 4.92. The van der Waals surface area contributed by atoms with Gasteiger partial charge in [0.15, 0.2) is 0 Å². The number of aryl methyl sites for hydroxylation is 1. The molecule has 2 aromatic rings. The van der Waals surface area contributed by atoms with Gasteiger partial charge in [-0.15, -0.1) is 11.8 Å². The van der Waals surface area contributed by atoms with E-state index in [2.05, 4.69) is 10.0 Å². The van der Waals surface area contributed by atoms with E-state index in [1.807, 2.05) is 6.92 Å². The topological polar surface area (TPSA) is 75.3 Å². The van der Waals surface area contributed by atoms with Gasteiger partial charge in [-0.1, -0.05) is 18.5 Å². The third kappa shape index (κ3) is 3.78. The Hall–Kier alpha value is -1.70. The van der Waals surface area contributed by atoms with Crippen molar-refractivity contribution in [2.75, 3.05) is 10.0 Å². The molecule has 5 nitrogen and oxygen atoms in total. The molecule has 3 rings (SSSR count). The van der Waals surface area contributed by atoms with Gasteiger partial charge >= 0.3 is 0 Å². The molecule has 0 radical (unpaired) electrons. The largest absolute Gasteiger partial charge is 0.324 e. The minimum absolute atomic E-state index is 0.0939. The number of sulfonamides is 1. The Bertz CT molecular complexity index is 945. The summed E-state index contributed by atoms with van der Waals surface area (Å²) in [5, 5.41) is 3.18. The SMILES string of the molecule is CC[C@@H]1Sc2ccc(S(=O)(=O)Nc3ccc(Cl)cc3C)cc2NC1=O. The molecule has 132 valence electrons. The van der Waals surface area contributed by atoms with Crippen LogP contribution in [0.25, 0.3) is 0 Å². The van der Waals surface area contributed by atoms with E-state index >= 15 is 0 Å². The van der Waals surface area contributed by atoms with E-state index in [0.717, 1.165) is 10.5 Å². The van der Waals surface area contributed by atoms with Crippen molar-refractivity contribution in [3.05, 3.63) is 47.0 Å². The molecule has 0 aliphatic carbocycles. The minimum atomic E-state index is -3.77. The summed E-state index contributed by atoms with van der Waals surface area (Å²) in [6.45, 7) is 3.72. The van der Waals surface area contributed by atoms with Gasteiger partial charge in [-0.3, -0.25) is 9.52 Å². The van der Waals surface area contributed by atoms with Gasteiger partial charge in [0.2, 0.25) is 5.91 Å². The van der Waals surface area contributed by atoms with Crippen LogP contribution in [0.3, 0.4) is 0 Å². The van der Waals surface area contributed by atoms with Crippen LogP contribution < -0.4 is 10.0 Å². The van der Waals surface area contributed by atoms with Gasteiger partial charge in [-0.2, -0.15) is 0 Å². The average Bonchev–Trinajstić information content (AvgIpc) is 2.56. The molecule has 0 fully saturated rings. The second-order valence-electron chi connectivity index (χ2n) is 5.73. The quantitative estimate of drug-likeness (QED) is 0.809. The third-order valence-corrected chi connectivity index (χ3v) is 6.92. The maximum Gasteiger partial charge on any atom is 0.261 e. The highest BCUT2D eigenvalue weighted by atomic mass is 35.5. The first kappa shape index (κ1) is 18.1. The number of hydrogen-bond acceptors (Lipinski definition) is 4. The second kappa shape index (κ2) is 6.90. The summed E-state index contributed by atoms with van der Waals surface area (Å²) in [7, 11) is -3.77. The molecule has 1 amide bonds. The molecule has 1 aliphatic rings. The number of fused-ring (bicyclic) bond motifs is 1. The molecule has 1 atom stereocenters. The van der Waals surface area contributed by atoms with Crippen molar-refractivity contribution >= 4 is 50.7 Å². The first-order valence-corrected chi connectivity index (χ1v) is 10.4. The molecule has 1 aliphatic heterocycles. The number of anilines is 2. The molecule has 1 heterocycles. The molecular formula is C17H17ClN2O3S2. The molecule has 2 N–H and O–H groups in total. The summed E-state index contributed by atoms with van der Waals surface area (Å²) < 4.78 is 27.9. The van der Waals surface area contributed by atoms with Gasteiger partial charge in [-0.05, 0) is 55.3 Å². The van der Waals surface area contributed by atoms with E-state index in [1.54, 1.807) is 37.3 Å². The Balaban J connectivity index is 1.91. The van der Waals surface area contributed by atoms with E-state index in [9.17, 15) is 13.2 Å². The fraction of sp³-hybridized carbons (Fsp3) is 0.235. The highest BCUT2D eigenvalue weighted by Gasteiger charge is 2.27. The van der Waals surface area contributed by atoms with E-state index in [0.29, 0.717) is 22.8 Å². The summed E-state index contributed by atoms with van der Waals surface area (Å²) in [6, 6.07) is 9.70. The number of carbonyl (C=O) groups is 1. The molecule has 0 spiro atoms. The smallest absolute Gasteiger partial charge is 0.261 e. The van der Waals surface area contributed by atoms with Crippen LogP contribution in [-0.4, -0.2) is 19.6 Å². The molecular weight excluding hydrogens is 380 g/mol. The van der Waals surface area contributed by atoms with Gasteiger partial charge in [0.1, 0.15) is 0 Å². The molecule has 2 aromatic carbocycles. The molecule has 0 bridgehead atoms. The zero-order valence-corrected chi connectivity index (χ0v) is 16.1. The Morgan fingerprint density at radius 2 is 2.00 bits per heavy atom. The van der Waals surface area contributed by atoms with Crippen molar-refractivity contribution < 1.29 is 13.2 Å². The number of rotatable bonds is 4. The van der Waals surface area contributed by atoms with E-state index < -0.39 is 10.0 Å². The first-order valence-electron chi connectivity index (χ1n) is 7.70. The predicted octanol–water partition coefficient (Wildman–Crippen LogP) is 4.27. The molecule has 8 heteroatoms. The lowest BCUT2D eigenvalue weighted by Gasteiger charge is -2.23. The normalized spacial score (nSPS) is 16.9. The van der Waals surface area contributed by atoms with Crippen molar-refractivity contribution in [3.63, 3.8) is 0 Å². The van der Waals surface area contributed by atoms with E-state index in [-0.39, 0.29) is 16.1 Å². The van der Waals surface area contributed by atoms with Crippen molar-refractivity contribution in [3.8, 4) is 0 Å². The zero-order valence-electron chi connectivity index (χ0n) is 13.7. The van der Waals surface area contributed by atoms with Crippen LogP contribution in [0.2, 0.25) is 5.02 Å². The summed E-state index contributed by atoms with van der Waals surface area (Å²) in [6.07, 6.45) is 0.716. The summed E-state index contributed by atoms with van der Waals surface area (Å²) in [5.74, 6) is -0.101. The first-order chi connectivity index (χ1) is 11.8. The number of carbonyl (C=O) groups excluding carboxylic acids is 1. The monoisotopic (exact) mass is 396 g/mol. The van der Waals surface area contributed by atoms with Crippen LogP contribution in [0, 0.1) is 6.92 Å². The van der Waals surface area contributed by atoms with Crippen LogP contribution in [-0.2, 0) is 14.8 Å². The number of thioether (sulfide) groups is 1. The zero-order chi connectivity index (χ0) is 18.2. The number of halogens is 1. The predicted molar refractivity (Wildman–Crippen MR) is 102 cm³/mol. The Morgan fingerprint density at radius 1 is 1.24 bits per heavy atom. The lowest BCUT2D eigenvalue weighted by atomic mass is 10.2. The average molecular weight is 397 g/mol. The van der Waals surface area contributed by atoms with Crippen molar-refractivity contribution in [2.45, 2.75) is 35.3 Å². The van der Waals surface area contributed by atoms with Gasteiger partial charge in [0.05, 0.1) is 21.5 Å². The highest BCUT2D eigenvalue weighted by Crippen LogP contribution is 2.38. The van der Waals surface area contributed by atoms with Crippen LogP contribution >= 0.6 is 23.4 Å². The summed E-state index contributed by atoms with van der Waals surface area (Å²) in [5.41, 5.74) is 1.71. The molecule has 0 saturated heterocycles. The number of nitrogens with one attached hydrogen (secondary N) is 2. The Morgan fingerprint density at radius 3 is 2.68 bits per heavy atom. The van der Waals surface area contributed by atoms with Crippen LogP contribution in [0.15, 0.2) is 46.2 Å². The summed E-state index contributed by atoms with van der Waals surface area (Å²) in [4.78, 5) is 13.0. The maximum absolute atomic E-state index is 12.7. The standard InChI is InChI=1S/C17H17ClN2O3S2/c1-3-15-17(21)19-14-9-12(5-7-16(14)24-15)25(22,23)20-13-6-4-11(18)8-10(13)2/h4-9,15,20H,3H2,1-2H3,(H,19,21)/t15-/m0/s1. The lowest BCUT2D eigenvalue weighted by molar-refractivity contribution is -0.115. The highest BCUT2D eigenvalue weighted by molar-refractivity contribution is 8.01. The van der Waals surface area contributed by atoms with E-state index in [1.165, 1.54) is 17.8 Å². The van der Waals surface area contributed by atoms with Gasteiger partial charge in [-0.25, -0.2) is 8.42 Å². The van der Waals surface area contributed by atoms with Gasteiger partial charge in [0, 0.05) is 9.92 Å². The Labute approximate surface area is 156 Å². The number of benzene rings is 2. The van der Waals surface area contributed by atoms with Gasteiger partial charge < -0.3 is 5.32 Å². The van der Waals surface area contributed by atoms with Crippen LogP contribution in [0.4, 0.5) is 11.4 Å². The molecule has 0 aromatic heterocycles. The van der Waals surface area contributed by atoms with Crippen LogP contribution in [0.1, 0.15) is 18.9 Å². The number of hydrogen-bond donors (Lipinski definition) is 2. The fourth-order valence-electron chi connectivity index (χ4n) is 2.51.